The Labute approximate surface area is 259 Å². The van der Waals surface area contributed by atoms with Crippen molar-refractivity contribution in [3.05, 3.63) is 146 Å². The minimum absolute atomic E-state index is 0.752. The van der Waals surface area contributed by atoms with E-state index in [1.54, 1.807) is 6.20 Å². The average Bonchev–Trinajstić information content (AvgIpc) is 3.77. The van der Waals surface area contributed by atoms with E-state index in [0.717, 1.165) is 56.3 Å². The van der Waals surface area contributed by atoms with Gasteiger partial charge < -0.3 is 13.9 Å². The number of nitrogens with zero attached hydrogens (tertiary/aromatic N) is 5. The molecular formula is C39H27N5O. The van der Waals surface area contributed by atoms with Crippen molar-refractivity contribution in [1.29, 1.82) is 0 Å². The fourth-order valence-electron chi connectivity index (χ4n) is 6.66. The fourth-order valence-corrected chi connectivity index (χ4v) is 6.66. The lowest BCUT2D eigenvalue weighted by molar-refractivity contribution is 0.483. The number of rotatable bonds is 5. The number of benzene rings is 5. The molecule has 0 unspecified atom stereocenters. The number of hydrogen-bond donors (Lipinski definition) is 0. The van der Waals surface area contributed by atoms with Crippen molar-refractivity contribution in [2.45, 2.75) is 0 Å². The van der Waals surface area contributed by atoms with E-state index in [1.165, 1.54) is 21.7 Å². The summed E-state index contributed by atoms with van der Waals surface area (Å²) in [6.45, 7) is 0. The third kappa shape index (κ3) is 3.96. The number of pyridine rings is 1. The predicted octanol–water partition coefficient (Wildman–Crippen LogP) is 9.47. The molecule has 5 aromatic carbocycles. The lowest BCUT2D eigenvalue weighted by Gasteiger charge is -2.10. The molecule has 0 saturated heterocycles. The molecule has 0 aliphatic heterocycles. The molecule has 0 radical (unpaired) electrons. The van der Waals surface area contributed by atoms with Crippen LogP contribution in [-0.4, -0.2) is 23.7 Å². The largest absolute Gasteiger partial charge is 0.457 e. The van der Waals surface area contributed by atoms with E-state index < -0.39 is 0 Å². The van der Waals surface area contributed by atoms with Crippen LogP contribution in [0.2, 0.25) is 0 Å². The second kappa shape index (κ2) is 9.96. The zero-order valence-electron chi connectivity index (χ0n) is 24.5. The lowest BCUT2D eigenvalue weighted by Crippen LogP contribution is -1.97. The minimum atomic E-state index is 0.752. The lowest BCUT2D eigenvalue weighted by atomic mass is 10.1. The Morgan fingerprint density at radius 1 is 0.556 bits per heavy atom. The molecule has 0 bridgehead atoms. The Balaban J connectivity index is 1.31. The van der Waals surface area contributed by atoms with Crippen molar-refractivity contribution in [2.75, 3.05) is 0 Å². The second-order valence-corrected chi connectivity index (χ2v) is 11.2. The van der Waals surface area contributed by atoms with Gasteiger partial charge in [0.2, 0.25) is 0 Å². The molecule has 9 rings (SSSR count). The molecule has 0 aliphatic carbocycles. The van der Waals surface area contributed by atoms with Gasteiger partial charge in [0, 0.05) is 64.5 Å². The van der Waals surface area contributed by atoms with Crippen LogP contribution in [0.4, 0.5) is 0 Å². The average molecular weight is 582 g/mol. The van der Waals surface area contributed by atoms with E-state index in [0.29, 0.717) is 0 Å². The van der Waals surface area contributed by atoms with Gasteiger partial charge in [0.25, 0.3) is 0 Å². The van der Waals surface area contributed by atoms with Gasteiger partial charge in [0.05, 0.1) is 22.1 Å². The summed E-state index contributed by atoms with van der Waals surface area (Å²) >= 11 is 0. The summed E-state index contributed by atoms with van der Waals surface area (Å²) in [5.41, 5.74) is 6.61. The molecule has 4 aromatic heterocycles. The Hall–Kier alpha value is -6.14. The van der Waals surface area contributed by atoms with Crippen LogP contribution in [-0.2, 0) is 7.05 Å². The third-order valence-corrected chi connectivity index (χ3v) is 8.58. The highest BCUT2D eigenvalue weighted by Gasteiger charge is 2.21. The van der Waals surface area contributed by atoms with Crippen LogP contribution >= 0.6 is 0 Å². The molecule has 6 nitrogen and oxygen atoms in total. The van der Waals surface area contributed by atoms with Crippen molar-refractivity contribution in [2.24, 2.45) is 7.05 Å². The first-order valence-corrected chi connectivity index (χ1v) is 15.0. The third-order valence-electron chi connectivity index (χ3n) is 8.58. The summed E-state index contributed by atoms with van der Waals surface area (Å²) in [7, 11) is 1.99. The van der Waals surface area contributed by atoms with Crippen LogP contribution in [0, 0.1) is 0 Å². The van der Waals surface area contributed by atoms with E-state index in [9.17, 15) is 0 Å². The topological polar surface area (TPSA) is 49.8 Å². The summed E-state index contributed by atoms with van der Waals surface area (Å²) < 4.78 is 13.1. The number of fused-ring (bicyclic) bond motifs is 7. The Morgan fingerprint density at radius 2 is 1.38 bits per heavy atom. The van der Waals surface area contributed by atoms with Gasteiger partial charge in [-0.25, -0.2) is 9.97 Å². The standard InChI is InChI=1S/C39H27N5O/c1-42-23-22-41-39(42)26-10-9-13-28(24-26)45-29-17-18-30-31-19-20-34-37(38(31)44(35(30)25-29)36-16-7-8-21-40-36)32-14-5-6-15-33(32)43(34)27-11-3-2-4-12-27/h2-25H,1H3. The van der Waals surface area contributed by atoms with Crippen LogP contribution in [0.25, 0.3) is 66.5 Å². The molecule has 214 valence electrons. The van der Waals surface area contributed by atoms with E-state index in [2.05, 4.69) is 111 Å². The molecule has 4 heterocycles. The van der Waals surface area contributed by atoms with Crippen LogP contribution in [0.3, 0.4) is 0 Å². The van der Waals surface area contributed by atoms with Crippen molar-refractivity contribution in [1.82, 2.24) is 23.7 Å². The second-order valence-electron chi connectivity index (χ2n) is 11.2. The fraction of sp³-hybridized carbons (Fsp3) is 0.0256. The molecule has 0 N–H and O–H groups in total. The van der Waals surface area contributed by atoms with Crippen LogP contribution in [0.1, 0.15) is 0 Å². The summed E-state index contributed by atoms with van der Waals surface area (Å²) in [5.74, 6) is 3.26. The van der Waals surface area contributed by atoms with Crippen molar-refractivity contribution >= 4 is 43.6 Å². The highest BCUT2D eigenvalue weighted by molar-refractivity contribution is 6.26. The maximum Gasteiger partial charge on any atom is 0.139 e. The molecule has 0 amide bonds. The molecule has 0 spiro atoms. The summed E-state index contributed by atoms with van der Waals surface area (Å²) in [5, 5.41) is 4.70. The van der Waals surface area contributed by atoms with Gasteiger partial charge in [-0.2, -0.15) is 0 Å². The monoisotopic (exact) mass is 581 g/mol. The minimum Gasteiger partial charge on any atom is -0.457 e. The van der Waals surface area contributed by atoms with Crippen LogP contribution < -0.4 is 4.74 Å². The maximum atomic E-state index is 6.50. The number of imidazole rings is 1. The van der Waals surface area contributed by atoms with Crippen molar-refractivity contribution < 1.29 is 4.74 Å². The van der Waals surface area contributed by atoms with Gasteiger partial charge in [-0.1, -0.05) is 60.7 Å². The summed E-state index contributed by atoms with van der Waals surface area (Å²) in [4.78, 5) is 9.35. The van der Waals surface area contributed by atoms with Gasteiger partial charge in [-0.15, -0.1) is 0 Å². The highest BCUT2D eigenvalue weighted by atomic mass is 16.5. The van der Waals surface area contributed by atoms with Gasteiger partial charge in [-0.3, -0.25) is 4.57 Å². The smallest absolute Gasteiger partial charge is 0.139 e. The zero-order chi connectivity index (χ0) is 29.9. The summed E-state index contributed by atoms with van der Waals surface area (Å²) in [6, 6.07) is 44.2. The molecular weight excluding hydrogens is 554 g/mol. The number of aryl methyl sites for hydroxylation is 1. The number of hydrogen-bond acceptors (Lipinski definition) is 3. The maximum absolute atomic E-state index is 6.50. The number of para-hydroxylation sites is 2. The van der Waals surface area contributed by atoms with Gasteiger partial charge in [0.1, 0.15) is 23.1 Å². The predicted molar refractivity (Wildman–Crippen MR) is 182 cm³/mol. The van der Waals surface area contributed by atoms with E-state index in [-0.39, 0.29) is 0 Å². The summed E-state index contributed by atoms with van der Waals surface area (Å²) in [6.07, 6.45) is 5.60. The quantitative estimate of drug-likeness (QED) is 0.203. The molecule has 0 saturated carbocycles. The Bertz CT molecular complexity index is 2520. The molecule has 0 aliphatic rings. The zero-order valence-corrected chi connectivity index (χ0v) is 24.5. The number of aromatic nitrogens is 5. The first-order valence-electron chi connectivity index (χ1n) is 15.0. The van der Waals surface area contributed by atoms with Gasteiger partial charge >= 0.3 is 0 Å². The Morgan fingerprint density at radius 3 is 2.22 bits per heavy atom. The molecule has 9 aromatic rings. The van der Waals surface area contributed by atoms with Gasteiger partial charge in [0.15, 0.2) is 0 Å². The van der Waals surface area contributed by atoms with Crippen LogP contribution in [0.15, 0.2) is 146 Å². The van der Waals surface area contributed by atoms with Crippen molar-refractivity contribution in [3.8, 4) is 34.4 Å². The highest BCUT2D eigenvalue weighted by Crippen LogP contribution is 2.42. The first-order chi connectivity index (χ1) is 22.2. The van der Waals surface area contributed by atoms with Crippen LogP contribution in [0.5, 0.6) is 11.5 Å². The van der Waals surface area contributed by atoms with E-state index in [4.69, 9.17) is 9.72 Å². The van der Waals surface area contributed by atoms with E-state index >= 15 is 0 Å². The van der Waals surface area contributed by atoms with E-state index in [1.807, 2.05) is 54.3 Å². The molecule has 6 heteroatoms. The first kappa shape index (κ1) is 25.4. The van der Waals surface area contributed by atoms with Gasteiger partial charge in [-0.05, 0) is 60.7 Å². The Kier molecular flexibility index (Phi) is 5.62. The van der Waals surface area contributed by atoms with Crippen molar-refractivity contribution in [3.63, 3.8) is 0 Å². The molecule has 45 heavy (non-hydrogen) atoms. The SMILES string of the molecule is Cn1ccnc1-c1cccc(Oc2ccc3c4ccc5c(c6ccccc6n5-c5ccccc5)c4n(-c4ccccn4)c3c2)c1. The molecule has 0 fully saturated rings. The normalized spacial score (nSPS) is 11.7. The molecule has 0 atom stereocenters. The number of ether oxygens (including phenoxy) is 1.